The third kappa shape index (κ3) is 3.65. The Balaban J connectivity index is 1.49. The van der Waals surface area contributed by atoms with Crippen molar-refractivity contribution in [3.63, 3.8) is 0 Å². The number of carbonyl (C=O) groups is 1. The van der Waals surface area contributed by atoms with E-state index in [2.05, 4.69) is 5.32 Å². The van der Waals surface area contributed by atoms with E-state index in [1.54, 1.807) is 6.07 Å². The quantitative estimate of drug-likeness (QED) is 0.688. The number of anilines is 1. The van der Waals surface area contributed by atoms with Gasteiger partial charge in [-0.25, -0.2) is 4.79 Å². The largest absolute Gasteiger partial charge is 0.484 e. The van der Waals surface area contributed by atoms with E-state index in [4.69, 9.17) is 9.15 Å². The van der Waals surface area contributed by atoms with Crippen LogP contribution in [0.15, 0.2) is 45.6 Å². The molecule has 0 radical (unpaired) electrons. The summed E-state index contributed by atoms with van der Waals surface area (Å²) in [7, 11) is 0. The van der Waals surface area contributed by atoms with Gasteiger partial charge in [0.2, 0.25) is 0 Å². The molecular formula is C23H23NO4. The van der Waals surface area contributed by atoms with Gasteiger partial charge in [0.15, 0.2) is 6.61 Å². The molecule has 1 aliphatic carbocycles. The Morgan fingerprint density at radius 3 is 2.64 bits per heavy atom. The molecule has 2 aromatic carbocycles. The molecule has 144 valence electrons. The molecule has 0 saturated carbocycles. The van der Waals surface area contributed by atoms with Crippen LogP contribution >= 0.6 is 0 Å². The highest BCUT2D eigenvalue weighted by atomic mass is 16.5. The number of amides is 1. The van der Waals surface area contributed by atoms with Gasteiger partial charge < -0.3 is 14.5 Å². The molecular weight excluding hydrogens is 354 g/mol. The minimum atomic E-state index is -0.257. The zero-order chi connectivity index (χ0) is 19.7. The lowest BCUT2D eigenvalue weighted by atomic mass is 9.91. The number of aryl methyl sites for hydroxylation is 3. The number of hydrogen-bond donors (Lipinski definition) is 1. The molecule has 0 unspecified atom stereocenters. The number of ether oxygens (including phenoxy) is 1. The van der Waals surface area contributed by atoms with E-state index in [1.807, 2.05) is 44.2 Å². The van der Waals surface area contributed by atoms with Crippen molar-refractivity contribution in [1.82, 2.24) is 0 Å². The number of carbonyl (C=O) groups excluding carboxylic acids is 1. The average Bonchev–Trinajstić information content (AvgIpc) is 2.68. The lowest BCUT2D eigenvalue weighted by Gasteiger charge is -2.16. The summed E-state index contributed by atoms with van der Waals surface area (Å²) in [5.41, 5.74) is 5.08. The first-order valence-corrected chi connectivity index (χ1v) is 9.60. The normalized spacial score (nSPS) is 13.2. The van der Waals surface area contributed by atoms with Gasteiger partial charge in [-0.05, 0) is 68.9 Å². The first-order chi connectivity index (χ1) is 13.5. The van der Waals surface area contributed by atoms with E-state index in [1.165, 1.54) is 0 Å². The van der Waals surface area contributed by atoms with Crippen LogP contribution < -0.4 is 15.7 Å². The van der Waals surface area contributed by atoms with Crippen molar-refractivity contribution >= 4 is 22.6 Å². The summed E-state index contributed by atoms with van der Waals surface area (Å²) < 4.78 is 11.1. The molecule has 1 aliphatic rings. The first-order valence-electron chi connectivity index (χ1n) is 9.60. The summed E-state index contributed by atoms with van der Waals surface area (Å²) in [5.74, 6) is 0.265. The van der Waals surface area contributed by atoms with E-state index < -0.39 is 0 Å². The number of hydrogen-bond acceptors (Lipinski definition) is 4. The maximum Gasteiger partial charge on any atom is 0.339 e. The van der Waals surface area contributed by atoms with Crippen LogP contribution in [0.4, 0.5) is 5.69 Å². The molecule has 3 aromatic rings. The molecule has 5 heteroatoms. The van der Waals surface area contributed by atoms with E-state index in [0.29, 0.717) is 11.3 Å². The molecule has 1 aromatic heterocycles. The molecule has 28 heavy (non-hydrogen) atoms. The molecule has 0 saturated heterocycles. The molecule has 1 heterocycles. The smallest absolute Gasteiger partial charge is 0.339 e. The Kier molecular flexibility index (Phi) is 4.90. The highest BCUT2D eigenvalue weighted by molar-refractivity contribution is 5.92. The third-order valence-electron chi connectivity index (χ3n) is 5.22. The van der Waals surface area contributed by atoms with E-state index in [-0.39, 0.29) is 18.1 Å². The van der Waals surface area contributed by atoms with Crippen LogP contribution in [0.1, 0.15) is 35.1 Å². The fraction of sp³-hybridized carbons (Fsp3) is 0.304. The van der Waals surface area contributed by atoms with Gasteiger partial charge in [0.05, 0.1) is 0 Å². The SMILES string of the molecule is Cc1ccc(NC(=O)COc2ccc3c4c(c(=O)oc3c2)CCCC4)c(C)c1. The van der Waals surface area contributed by atoms with Gasteiger partial charge in [-0.3, -0.25) is 4.79 Å². The van der Waals surface area contributed by atoms with Crippen LogP contribution in [-0.4, -0.2) is 12.5 Å². The summed E-state index contributed by atoms with van der Waals surface area (Å²) in [4.78, 5) is 24.5. The second-order valence-electron chi connectivity index (χ2n) is 7.37. The highest BCUT2D eigenvalue weighted by Gasteiger charge is 2.18. The minimum Gasteiger partial charge on any atom is -0.484 e. The predicted octanol–water partition coefficient (Wildman–Crippen LogP) is 4.31. The van der Waals surface area contributed by atoms with Crippen molar-refractivity contribution in [2.45, 2.75) is 39.5 Å². The monoisotopic (exact) mass is 377 g/mol. The first kappa shape index (κ1) is 18.3. The van der Waals surface area contributed by atoms with Gasteiger partial charge in [0.25, 0.3) is 5.91 Å². The minimum absolute atomic E-state index is 0.117. The van der Waals surface area contributed by atoms with Crippen LogP contribution in [0, 0.1) is 13.8 Å². The molecule has 0 aliphatic heterocycles. The Labute approximate surface area is 163 Å². The zero-order valence-corrected chi connectivity index (χ0v) is 16.1. The summed E-state index contributed by atoms with van der Waals surface area (Å²) in [6, 6.07) is 11.3. The molecule has 4 rings (SSSR count). The zero-order valence-electron chi connectivity index (χ0n) is 16.1. The lowest BCUT2D eigenvalue weighted by Crippen LogP contribution is -2.20. The highest BCUT2D eigenvalue weighted by Crippen LogP contribution is 2.29. The van der Waals surface area contributed by atoms with Crippen molar-refractivity contribution in [2.24, 2.45) is 0 Å². The standard InChI is InChI=1S/C23H23NO4/c1-14-7-10-20(15(2)11-14)24-22(25)13-27-16-8-9-18-17-5-3-4-6-19(17)23(26)28-21(18)12-16/h7-12H,3-6,13H2,1-2H3,(H,24,25). The Bertz CT molecular complexity index is 1110. The number of benzene rings is 2. The fourth-order valence-electron chi connectivity index (χ4n) is 3.80. The number of rotatable bonds is 4. The number of nitrogens with one attached hydrogen (secondary N) is 1. The molecule has 1 amide bonds. The Morgan fingerprint density at radius 1 is 1.07 bits per heavy atom. The van der Waals surface area contributed by atoms with Gasteiger partial charge in [0.1, 0.15) is 11.3 Å². The van der Waals surface area contributed by atoms with Gasteiger partial charge in [-0.15, -0.1) is 0 Å². The van der Waals surface area contributed by atoms with Crippen molar-refractivity contribution in [3.8, 4) is 5.75 Å². The topological polar surface area (TPSA) is 68.5 Å². The van der Waals surface area contributed by atoms with Crippen LogP contribution in [0.3, 0.4) is 0 Å². The molecule has 1 N–H and O–H groups in total. The van der Waals surface area contributed by atoms with Crippen molar-refractivity contribution in [2.75, 3.05) is 11.9 Å². The van der Waals surface area contributed by atoms with Crippen LogP contribution in [0.25, 0.3) is 11.0 Å². The second-order valence-corrected chi connectivity index (χ2v) is 7.37. The van der Waals surface area contributed by atoms with Crippen LogP contribution in [0.5, 0.6) is 5.75 Å². The maximum atomic E-state index is 12.2. The molecule has 5 nitrogen and oxygen atoms in total. The van der Waals surface area contributed by atoms with E-state index in [0.717, 1.165) is 59.0 Å². The third-order valence-corrected chi connectivity index (χ3v) is 5.22. The molecule has 0 fully saturated rings. The maximum absolute atomic E-state index is 12.2. The summed E-state index contributed by atoms with van der Waals surface area (Å²) in [6.07, 6.45) is 3.79. The van der Waals surface area contributed by atoms with Crippen LogP contribution in [0.2, 0.25) is 0 Å². The lowest BCUT2D eigenvalue weighted by molar-refractivity contribution is -0.118. The van der Waals surface area contributed by atoms with Gasteiger partial charge >= 0.3 is 5.63 Å². The van der Waals surface area contributed by atoms with Crippen molar-refractivity contribution < 1.29 is 13.9 Å². The predicted molar refractivity (Wildman–Crippen MR) is 109 cm³/mol. The van der Waals surface area contributed by atoms with E-state index >= 15 is 0 Å². The second kappa shape index (κ2) is 7.50. The summed E-state index contributed by atoms with van der Waals surface area (Å²) in [6.45, 7) is 3.85. The molecule has 0 spiro atoms. The summed E-state index contributed by atoms with van der Waals surface area (Å²) in [5, 5.41) is 3.82. The van der Waals surface area contributed by atoms with Crippen molar-refractivity contribution in [1.29, 1.82) is 0 Å². The molecule has 0 bridgehead atoms. The van der Waals surface area contributed by atoms with Gasteiger partial charge in [-0.2, -0.15) is 0 Å². The summed E-state index contributed by atoms with van der Waals surface area (Å²) >= 11 is 0. The van der Waals surface area contributed by atoms with Gasteiger partial charge in [0, 0.05) is 22.7 Å². The Hall–Kier alpha value is -3.08. The van der Waals surface area contributed by atoms with Crippen LogP contribution in [-0.2, 0) is 17.6 Å². The number of fused-ring (bicyclic) bond motifs is 3. The van der Waals surface area contributed by atoms with Gasteiger partial charge in [-0.1, -0.05) is 17.7 Å². The molecule has 0 atom stereocenters. The Morgan fingerprint density at radius 2 is 1.86 bits per heavy atom. The van der Waals surface area contributed by atoms with Crippen molar-refractivity contribution in [3.05, 3.63) is 69.1 Å². The van der Waals surface area contributed by atoms with E-state index in [9.17, 15) is 9.59 Å². The average molecular weight is 377 g/mol. The fourth-order valence-corrected chi connectivity index (χ4v) is 3.80.